The highest BCUT2D eigenvalue weighted by Gasteiger charge is 2.32. The quantitative estimate of drug-likeness (QED) is 0.233. The van der Waals surface area contributed by atoms with Crippen molar-refractivity contribution in [1.29, 1.82) is 0 Å². The molecule has 0 bridgehead atoms. The summed E-state index contributed by atoms with van der Waals surface area (Å²) in [5, 5.41) is 3.55. The van der Waals surface area contributed by atoms with Crippen molar-refractivity contribution in [3.63, 3.8) is 0 Å². The van der Waals surface area contributed by atoms with Gasteiger partial charge >= 0.3 is 0 Å². The van der Waals surface area contributed by atoms with Crippen molar-refractivity contribution in [2.45, 2.75) is 44.2 Å². The van der Waals surface area contributed by atoms with Gasteiger partial charge in [-0.3, -0.25) is 13.9 Å². The zero-order valence-corrected chi connectivity index (χ0v) is 25.5. The van der Waals surface area contributed by atoms with E-state index in [0.29, 0.717) is 16.6 Å². The Morgan fingerprint density at radius 3 is 2.26 bits per heavy atom. The maximum absolute atomic E-state index is 13.9. The second-order valence-corrected chi connectivity index (χ2v) is 12.6. The van der Waals surface area contributed by atoms with Crippen molar-refractivity contribution >= 4 is 66.7 Å². The zero-order chi connectivity index (χ0) is 28.6. The molecular weight excluding hydrogens is 625 g/mol. The summed E-state index contributed by atoms with van der Waals surface area (Å²) in [4.78, 5) is 28.2. The SMILES string of the molecule is CCCCNC(=O)C(C)N(Cc1ccc(Br)cc1)C(=O)CN(c1cccc(Cl)c1)S(=O)(=O)c1ccc(Cl)cc1. The topological polar surface area (TPSA) is 86.8 Å². The number of hydrogen-bond donors (Lipinski definition) is 1. The molecule has 3 aromatic rings. The highest BCUT2D eigenvalue weighted by Crippen LogP contribution is 2.27. The molecule has 1 unspecified atom stereocenters. The molecule has 0 heterocycles. The van der Waals surface area contributed by atoms with Gasteiger partial charge in [-0.1, -0.05) is 70.7 Å². The number of unbranched alkanes of at least 4 members (excludes halogenated alkanes) is 1. The first-order chi connectivity index (χ1) is 18.5. The molecule has 0 saturated heterocycles. The van der Waals surface area contributed by atoms with Crippen molar-refractivity contribution < 1.29 is 18.0 Å². The maximum atomic E-state index is 13.9. The van der Waals surface area contributed by atoms with Crippen molar-refractivity contribution in [1.82, 2.24) is 10.2 Å². The van der Waals surface area contributed by atoms with E-state index in [1.807, 2.05) is 31.2 Å². The predicted octanol–water partition coefficient (Wildman–Crippen LogP) is 6.28. The molecule has 0 aliphatic carbocycles. The molecule has 0 aliphatic heterocycles. The molecule has 39 heavy (non-hydrogen) atoms. The Balaban J connectivity index is 1.99. The van der Waals surface area contributed by atoms with Crippen LogP contribution in [0, 0.1) is 0 Å². The Morgan fingerprint density at radius 1 is 0.974 bits per heavy atom. The number of hydrogen-bond acceptors (Lipinski definition) is 4. The monoisotopic (exact) mass is 653 g/mol. The lowest BCUT2D eigenvalue weighted by molar-refractivity contribution is -0.139. The molecule has 11 heteroatoms. The van der Waals surface area contributed by atoms with E-state index in [4.69, 9.17) is 23.2 Å². The molecule has 7 nitrogen and oxygen atoms in total. The summed E-state index contributed by atoms with van der Waals surface area (Å²) in [6, 6.07) is 18.5. The van der Waals surface area contributed by atoms with Gasteiger partial charge in [-0.15, -0.1) is 0 Å². The van der Waals surface area contributed by atoms with Crippen LogP contribution in [0.1, 0.15) is 32.3 Å². The first kappa shape index (κ1) is 30.9. The van der Waals surface area contributed by atoms with E-state index >= 15 is 0 Å². The van der Waals surface area contributed by atoms with Crippen LogP contribution in [0.2, 0.25) is 10.0 Å². The third kappa shape index (κ3) is 8.45. The van der Waals surface area contributed by atoms with Crippen LogP contribution >= 0.6 is 39.1 Å². The Bertz CT molecular complexity index is 1390. The lowest BCUT2D eigenvalue weighted by Gasteiger charge is -2.32. The lowest BCUT2D eigenvalue weighted by atomic mass is 10.1. The number of anilines is 1. The highest BCUT2D eigenvalue weighted by molar-refractivity contribution is 9.10. The minimum atomic E-state index is -4.20. The van der Waals surface area contributed by atoms with Gasteiger partial charge in [0.2, 0.25) is 11.8 Å². The average molecular weight is 655 g/mol. The van der Waals surface area contributed by atoms with Gasteiger partial charge in [0.15, 0.2) is 0 Å². The molecule has 0 aliphatic rings. The maximum Gasteiger partial charge on any atom is 0.264 e. The summed E-state index contributed by atoms with van der Waals surface area (Å²) < 4.78 is 29.4. The molecule has 0 saturated carbocycles. The molecular formula is C28H30BrCl2N3O4S. The first-order valence-corrected chi connectivity index (χ1v) is 15.4. The van der Waals surface area contributed by atoms with E-state index in [1.165, 1.54) is 35.2 Å². The van der Waals surface area contributed by atoms with Crippen molar-refractivity contribution in [2.75, 3.05) is 17.4 Å². The Kier molecular flexibility index (Phi) is 11.2. The van der Waals surface area contributed by atoms with Crippen LogP contribution in [0.5, 0.6) is 0 Å². The van der Waals surface area contributed by atoms with Crippen LogP contribution in [0.25, 0.3) is 0 Å². The Morgan fingerprint density at radius 2 is 1.64 bits per heavy atom. The molecule has 0 aromatic heterocycles. The van der Waals surface area contributed by atoms with Crippen molar-refractivity contribution in [2.24, 2.45) is 0 Å². The fraction of sp³-hybridized carbons (Fsp3) is 0.286. The second-order valence-electron chi connectivity index (χ2n) is 8.91. The number of amides is 2. The van der Waals surface area contributed by atoms with Crippen LogP contribution in [-0.4, -0.2) is 44.3 Å². The largest absolute Gasteiger partial charge is 0.354 e. The summed E-state index contributed by atoms with van der Waals surface area (Å²) in [7, 11) is -4.20. The predicted molar refractivity (Wildman–Crippen MR) is 160 cm³/mol. The summed E-state index contributed by atoms with van der Waals surface area (Å²) in [5.41, 5.74) is 1.00. The molecule has 0 spiro atoms. The number of nitrogens with zero attached hydrogens (tertiary/aromatic N) is 2. The van der Waals surface area contributed by atoms with Crippen LogP contribution < -0.4 is 9.62 Å². The Labute approximate surface area is 248 Å². The third-order valence-corrected chi connectivity index (χ3v) is 8.84. The first-order valence-electron chi connectivity index (χ1n) is 12.4. The highest BCUT2D eigenvalue weighted by atomic mass is 79.9. The molecule has 1 atom stereocenters. The minimum Gasteiger partial charge on any atom is -0.354 e. The van der Waals surface area contributed by atoms with E-state index in [9.17, 15) is 18.0 Å². The van der Waals surface area contributed by atoms with E-state index in [1.54, 1.807) is 25.1 Å². The van der Waals surface area contributed by atoms with Gasteiger partial charge in [0.05, 0.1) is 10.6 Å². The standard InChI is InChI=1S/C28H30BrCl2N3O4S/c1-3-4-16-32-28(36)20(2)33(18-21-8-10-22(29)11-9-21)27(35)19-34(25-7-5-6-24(31)17-25)39(37,38)26-14-12-23(30)13-15-26/h5-15,17,20H,3-4,16,18-19H2,1-2H3,(H,32,36). The number of rotatable bonds is 12. The minimum absolute atomic E-state index is 0.0375. The zero-order valence-electron chi connectivity index (χ0n) is 21.6. The van der Waals surface area contributed by atoms with Gasteiger partial charge in [0.25, 0.3) is 10.0 Å². The summed E-state index contributed by atoms with van der Waals surface area (Å²) in [6.07, 6.45) is 1.72. The van der Waals surface area contributed by atoms with Gasteiger partial charge in [0, 0.05) is 27.6 Å². The Hall–Kier alpha value is -2.59. The number of carbonyl (C=O) groups is 2. The summed E-state index contributed by atoms with van der Waals surface area (Å²) >= 11 is 15.6. The van der Waals surface area contributed by atoms with Gasteiger partial charge < -0.3 is 10.2 Å². The van der Waals surface area contributed by atoms with Gasteiger partial charge in [-0.2, -0.15) is 0 Å². The number of halogens is 3. The van der Waals surface area contributed by atoms with Gasteiger partial charge in [-0.25, -0.2) is 8.42 Å². The van der Waals surface area contributed by atoms with Gasteiger partial charge in [0.1, 0.15) is 12.6 Å². The fourth-order valence-corrected chi connectivity index (χ4v) is 5.78. The third-order valence-electron chi connectivity index (χ3n) is 6.04. The van der Waals surface area contributed by atoms with Crippen LogP contribution in [-0.2, 0) is 26.2 Å². The molecule has 1 N–H and O–H groups in total. The smallest absolute Gasteiger partial charge is 0.264 e. The van der Waals surface area contributed by atoms with Gasteiger partial charge in [-0.05, 0) is 73.5 Å². The summed E-state index contributed by atoms with van der Waals surface area (Å²) in [6.45, 7) is 3.70. The normalized spacial score (nSPS) is 12.0. The number of nitrogens with one attached hydrogen (secondary N) is 1. The molecule has 0 fully saturated rings. The van der Waals surface area contributed by atoms with E-state index in [0.717, 1.165) is 27.2 Å². The number of benzene rings is 3. The van der Waals surface area contributed by atoms with Crippen molar-refractivity contribution in [3.05, 3.63) is 92.9 Å². The van der Waals surface area contributed by atoms with E-state index in [2.05, 4.69) is 21.2 Å². The van der Waals surface area contributed by atoms with Crippen molar-refractivity contribution in [3.8, 4) is 0 Å². The van der Waals surface area contributed by atoms with Crippen LogP contribution in [0.4, 0.5) is 5.69 Å². The lowest BCUT2D eigenvalue weighted by Crippen LogP contribution is -2.51. The average Bonchev–Trinajstić information content (AvgIpc) is 2.91. The molecule has 208 valence electrons. The van der Waals surface area contributed by atoms with E-state index in [-0.39, 0.29) is 23.0 Å². The fourth-order valence-electron chi connectivity index (χ4n) is 3.80. The van der Waals surface area contributed by atoms with Crippen LogP contribution in [0.15, 0.2) is 82.2 Å². The number of carbonyl (C=O) groups excluding carboxylic acids is 2. The van der Waals surface area contributed by atoms with Crippen LogP contribution in [0.3, 0.4) is 0 Å². The number of sulfonamides is 1. The second kappa shape index (κ2) is 14.2. The summed E-state index contributed by atoms with van der Waals surface area (Å²) in [5.74, 6) is -0.864. The molecule has 3 aromatic carbocycles. The molecule has 3 rings (SSSR count). The molecule has 0 radical (unpaired) electrons. The van der Waals surface area contributed by atoms with E-state index < -0.39 is 28.5 Å². The molecule has 2 amide bonds.